The van der Waals surface area contributed by atoms with Crippen LogP contribution in [0.5, 0.6) is 0 Å². The summed E-state index contributed by atoms with van der Waals surface area (Å²) in [4.78, 5) is 11.8. The minimum absolute atomic E-state index is 0.257. The molecule has 0 bridgehead atoms. The van der Waals surface area contributed by atoms with Crippen LogP contribution in [0.1, 0.15) is 38.5 Å². The summed E-state index contributed by atoms with van der Waals surface area (Å²) >= 11 is 0. The van der Waals surface area contributed by atoms with Crippen LogP contribution in [0.3, 0.4) is 0 Å². The van der Waals surface area contributed by atoms with Crippen molar-refractivity contribution in [3.05, 3.63) is 60.5 Å². The summed E-state index contributed by atoms with van der Waals surface area (Å²) < 4.78 is 15.7. The van der Waals surface area contributed by atoms with Crippen LogP contribution in [-0.4, -0.2) is 38.7 Å². The maximum atomic E-state index is 13.7. The molecule has 0 amide bonds. The minimum atomic E-state index is -0.257. The number of hydrogen-bond acceptors (Lipinski definition) is 5. The van der Waals surface area contributed by atoms with E-state index in [2.05, 4.69) is 33.4 Å². The van der Waals surface area contributed by atoms with Crippen molar-refractivity contribution in [2.45, 2.75) is 44.6 Å². The van der Waals surface area contributed by atoms with Crippen molar-refractivity contribution in [1.29, 1.82) is 0 Å². The van der Waals surface area contributed by atoms with Crippen LogP contribution in [-0.2, 0) is 0 Å². The van der Waals surface area contributed by atoms with Gasteiger partial charge in [-0.1, -0.05) is 18.9 Å². The predicted octanol–water partition coefficient (Wildman–Crippen LogP) is 5.55. The third-order valence-corrected chi connectivity index (χ3v) is 6.79. The Kier molecular flexibility index (Phi) is 5.17. The molecule has 2 aliphatic rings. The molecular weight excluding hydrogens is 415 g/mol. The second kappa shape index (κ2) is 8.46. The van der Waals surface area contributed by atoms with E-state index in [0.717, 1.165) is 59.8 Å². The van der Waals surface area contributed by atoms with Gasteiger partial charge >= 0.3 is 0 Å². The maximum absolute atomic E-state index is 13.7. The summed E-state index contributed by atoms with van der Waals surface area (Å²) in [5.74, 6) is 1.48. The average Bonchev–Trinajstić information content (AvgIpc) is 3.60. The van der Waals surface area contributed by atoms with E-state index in [1.165, 1.54) is 37.8 Å². The van der Waals surface area contributed by atoms with Crippen LogP contribution in [0, 0.1) is 5.82 Å². The van der Waals surface area contributed by atoms with Gasteiger partial charge in [0.1, 0.15) is 17.3 Å². The predicted molar refractivity (Wildman–Crippen MR) is 129 cm³/mol. The van der Waals surface area contributed by atoms with Gasteiger partial charge in [-0.2, -0.15) is 5.10 Å². The van der Waals surface area contributed by atoms with E-state index in [9.17, 15) is 4.39 Å². The lowest BCUT2D eigenvalue weighted by molar-refractivity contribution is 0.628. The molecule has 1 saturated heterocycles. The van der Waals surface area contributed by atoms with E-state index in [1.54, 1.807) is 12.1 Å². The first kappa shape index (κ1) is 20.1. The van der Waals surface area contributed by atoms with Crippen LogP contribution in [0.2, 0.25) is 0 Å². The van der Waals surface area contributed by atoms with Gasteiger partial charge in [-0.05, 0) is 68.1 Å². The van der Waals surface area contributed by atoms with Gasteiger partial charge in [0.15, 0.2) is 0 Å². The topological polar surface area (TPSA) is 58.4 Å². The molecule has 1 aliphatic carbocycles. The lowest BCUT2D eigenvalue weighted by atomic mass is 10.0. The summed E-state index contributed by atoms with van der Waals surface area (Å²) in [7, 11) is 0. The average molecular weight is 443 g/mol. The van der Waals surface area contributed by atoms with Gasteiger partial charge < -0.3 is 10.2 Å². The van der Waals surface area contributed by atoms with Crippen LogP contribution < -0.4 is 10.2 Å². The molecule has 0 spiro atoms. The number of aromatic nitrogens is 4. The molecule has 1 aliphatic heterocycles. The smallest absolute Gasteiger partial charge is 0.223 e. The summed E-state index contributed by atoms with van der Waals surface area (Å²) in [6, 6.07) is 15.2. The Morgan fingerprint density at radius 3 is 2.48 bits per heavy atom. The summed E-state index contributed by atoms with van der Waals surface area (Å²) in [5.41, 5.74) is 4.42. The van der Waals surface area contributed by atoms with Crippen molar-refractivity contribution >= 4 is 17.3 Å². The normalized spacial score (nSPS) is 16.7. The first-order chi connectivity index (χ1) is 16.3. The monoisotopic (exact) mass is 442 g/mol. The molecule has 7 heteroatoms. The molecule has 1 aromatic carbocycles. The van der Waals surface area contributed by atoms with Gasteiger partial charge in [0.05, 0.1) is 16.8 Å². The molecule has 2 fully saturated rings. The van der Waals surface area contributed by atoms with Crippen LogP contribution in [0.25, 0.3) is 28.0 Å². The molecule has 4 heterocycles. The van der Waals surface area contributed by atoms with E-state index < -0.39 is 0 Å². The number of anilines is 2. The van der Waals surface area contributed by atoms with Crippen molar-refractivity contribution in [2.75, 3.05) is 23.3 Å². The van der Waals surface area contributed by atoms with Crippen LogP contribution in [0.4, 0.5) is 16.2 Å². The van der Waals surface area contributed by atoms with Crippen molar-refractivity contribution in [3.8, 4) is 22.5 Å². The maximum Gasteiger partial charge on any atom is 0.223 e. The Balaban J connectivity index is 1.51. The lowest BCUT2D eigenvalue weighted by Gasteiger charge is -2.18. The van der Waals surface area contributed by atoms with Gasteiger partial charge in [0, 0.05) is 30.9 Å². The lowest BCUT2D eigenvalue weighted by Crippen LogP contribution is -2.20. The molecule has 0 radical (unpaired) electrons. The molecule has 6 rings (SSSR count). The summed E-state index contributed by atoms with van der Waals surface area (Å²) in [6.07, 6.45) is 9.00. The Labute approximate surface area is 192 Å². The van der Waals surface area contributed by atoms with Crippen molar-refractivity contribution in [2.24, 2.45) is 0 Å². The van der Waals surface area contributed by atoms with Gasteiger partial charge in [0.25, 0.3) is 0 Å². The highest BCUT2D eigenvalue weighted by Crippen LogP contribution is 2.37. The fourth-order valence-corrected chi connectivity index (χ4v) is 5.12. The number of fused-ring (bicyclic) bond motifs is 1. The molecule has 3 aromatic heterocycles. The first-order valence-electron chi connectivity index (χ1n) is 11.9. The zero-order chi connectivity index (χ0) is 22.2. The highest BCUT2D eigenvalue weighted by Gasteiger charge is 2.23. The van der Waals surface area contributed by atoms with E-state index in [1.807, 2.05) is 16.8 Å². The van der Waals surface area contributed by atoms with Crippen molar-refractivity contribution in [3.63, 3.8) is 0 Å². The molecular formula is C26H27FN6. The van der Waals surface area contributed by atoms with E-state index in [0.29, 0.717) is 12.0 Å². The third-order valence-electron chi connectivity index (χ3n) is 6.79. The molecule has 4 aromatic rings. The van der Waals surface area contributed by atoms with Gasteiger partial charge in [-0.15, -0.1) is 0 Å². The zero-order valence-electron chi connectivity index (χ0n) is 18.5. The van der Waals surface area contributed by atoms with E-state index in [4.69, 9.17) is 10.1 Å². The molecule has 6 nitrogen and oxygen atoms in total. The molecule has 1 N–H and O–H groups in total. The highest BCUT2D eigenvalue weighted by molar-refractivity contribution is 5.91. The number of hydrogen-bond donors (Lipinski definition) is 1. The summed E-state index contributed by atoms with van der Waals surface area (Å²) in [5, 5.41) is 8.55. The standard InChI is InChI=1S/C26H27FN6/c27-19-12-10-18(11-13-19)25-24(21-14-15-28-26(30-21)29-20-6-1-2-7-20)22-8-5-9-23(33(22)31-25)32-16-3-4-17-32/h5,8-15,20H,1-4,6-7,16-17H2,(H,28,29,30). The van der Waals surface area contributed by atoms with Gasteiger partial charge in [0.2, 0.25) is 5.95 Å². The second-order valence-corrected chi connectivity index (χ2v) is 9.00. The number of nitrogens with one attached hydrogen (secondary N) is 1. The Morgan fingerprint density at radius 2 is 1.70 bits per heavy atom. The minimum Gasteiger partial charge on any atom is -0.357 e. The Hall–Kier alpha value is -3.48. The van der Waals surface area contributed by atoms with Gasteiger partial charge in [-0.25, -0.2) is 18.9 Å². The molecule has 0 atom stereocenters. The first-order valence-corrected chi connectivity index (χ1v) is 11.9. The zero-order valence-corrected chi connectivity index (χ0v) is 18.5. The Morgan fingerprint density at radius 1 is 0.909 bits per heavy atom. The molecule has 1 saturated carbocycles. The SMILES string of the molecule is Fc1ccc(-c2nn3c(N4CCCC4)cccc3c2-c2ccnc(NC3CCCC3)n2)cc1. The number of rotatable bonds is 5. The van der Waals surface area contributed by atoms with Crippen molar-refractivity contribution < 1.29 is 4.39 Å². The number of nitrogens with zero attached hydrogens (tertiary/aromatic N) is 5. The highest BCUT2D eigenvalue weighted by atomic mass is 19.1. The number of halogens is 1. The van der Waals surface area contributed by atoms with E-state index >= 15 is 0 Å². The van der Waals surface area contributed by atoms with Crippen LogP contribution >= 0.6 is 0 Å². The molecule has 168 valence electrons. The third kappa shape index (κ3) is 3.81. The fourth-order valence-electron chi connectivity index (χ4n) is 5.12. The molecule has 33 heavy (non-hydrogen) atoms. The largest absolute Gasteiger partial charge is 0.357 e. The fraction of sp³-hybridized carbons (Fsp3) is 0.346. The number of benzene rings is 1. The summed E-state index contributed by atoms with van der Waals surface area (Å²) in [6.45, 7) is 2.06. The van der Waals surface area contributed by atoms with Crippen LogP contribution in [0.15, 0.2) is 54.7 Å². The molecule has 0 unspecified atom stereocenters. The number of pyridine rings is 1. The van der Waals surface area contributed by atoms with Gasteiger partial charge in [-0.3, -0.25) is 0 Å². The Bertz CT molecular complexity index is 1270. The second-order valence-electron chi connectivity index (χ2n) is 9.00. The van der Waals surface area contributed by atoms with E-state index in [-0.39, 0.29) is 5.82 Å². The quantitative estimate of drug-likeness (QED) is 0.439. The van der Waals surface area contributed by atoms with Crippen molar-refractivity contribution in [1.82, 2.24) is 19.6 Å².